The highest BCUT2D eigenvalue weighted by Crippen LogP contribution is 2.25. The summed E-state index contributed by atoms with van der Waals surface area (Å²) in [6.07, 6.45) is 1.72. The van der Waals surface area contributed by atoms with Gasteiger partial charge in [-0.2, -0.15) is 5.10 Å². The Balaban J connectivity index is 1.82. The third-order valence-electron chi connectivity index (χ3n) is 3.38. The number of furan rings is 1. The number of hydrogen-bond acceptors (Lipinski definition) is 3. The number of nitrogens with one attached hydrogen (secondary N) is 2. The van der Waals surface area contributed by atoms with Crippen molar-refractivity contribution in [1.82, 2.24) is 10.2 Å². The Labute approximate surface area is 122 Å². The zero-order valence-corrected chi connectivity index (χ0v) is 11.9. The first-order valence-electron chi connectivity index (χ1n) is 6.73. The van der Waals surface area contributed by atoms with E-state index >= 15 is 0 Å². The normalized spacial score (nSPS) is 10.8. The lowest BCUT2D eigenvalue weighted by Crippen LogP contribution is -2.03. The molecule has 0 aliphatic carbocycles. The van der Waals surface area contributed by atoms with Gasteiger partial charge in [-0.1, -0.05) is 12.1 Å². The molecule has 21 heavy (non-hydrogen) atoms. The summed E-state index contributed by atoms with van der Waals surface area (Å²) in [7, 11) is 0. The van der Waals surface area contributed by atoms with E-state index in [4.69, 9.17) is 4.42 Å². The Bertz CT molecular complexity index is 740. The smallest absolute Gasteiger partial charge is 0.152 e. The van der Waals surface area contributed by atoms with Gasteiger partial charge in [-0.25, -0.2) is 4.39 Å². The first-order valence-corrected chi connectivity index (χ1v) is 6.73. The minimum Gasteiger partial charge on any atom is -0.460 e. The van der Waals surface area contributed by atoms with E-state index in [0.29, 0.717) is 12.2 Å². The predicted molar refractivity (Wildman–Crippen MR) is 79.5 cm³/mol. The van der Waals surface area contributed by atoms with Gasteiger partial charge in [0.25, 0.3) is 0 Å². The second-order valence-electron chi connectivity index (χ2n) is 4.97. The van der Waals surface area contributed by atoms with Gasteiger partial charge in [0, 0.05) is 12.1 Å². The van der Waals surface area contributed by atoms with Gasteiger partial charge in [0.05, 0.1) is 11.9 Å². The number of para-hydroxylation sites is 1. The minimum absolute atomic E-state index is 0.256. The topological polar surface area (TPSA) is 53.9 Å². The molecule has 3 rings (SSSR count). The van der Waals surface area contributed by atoms with Crippen molar-refractivity contribution < 1.29 is 8.81 Å². The van der Waals surface area contributed by atoms with Gasteiger partial charge in [-0.3, -0.25) is 5.10 Å². The van der Waals surface area contributed by atoms with Crippen LogP contribution in [0, 0.1) is 19.7 Å². The number of benzene rings is 1. The minimum atomic E-state index is -0.256. The van der Waals surface area contributed by atoms with Crippen LogP contribution in [0.4, 0.5) is 10.1 Å². The second kappa shape index (κ2) is 5.44. The van der Waals surface area contributed by atoms with Crippen molar-refractivity contribution in [3.8, 4) is 11.5 Å². The van der Waals surface area contributed by atoms with E-state index in [2.05, 4.69) is 15.5 Å². The van der Waals surface area contributed by atoms with E-state index < -0.39 is 0 Å². The van der Waals surface area contributed by atoms with Crippen molar-refractivity contribution in [1.29, 1.82) is 0 Å². The van der Waals surface area contributed by atoms with E-state index in [1.807, 2.05) is 32.0 Å². The van der Waals surface area contributed by atoms with E-state index in [-0.39, 0.29) is 5.82 Å². The summed E-state index contributed by atoms with van der Waals surface area (Å²) in [5.74, 6) is 1.31. The highest BCUT2D eigenvalue weighted by Gasteiger charge is 2.12. The number of anilines is 1. The Morgan fingerprint density at radius 3 is 2.81 bits per heavy atom. The molecule has 5 heteroatoms. The summed E-state index contributed by atoms with van der Waals surface area (Å²) in [4.78, 5) is 0. The average molecular weight is 285 g/mol. The van der Waals surface area contributed by atoms with Gasteiger partial charge in [-0.05, 0) is 37.6 Å². The Morgan fingerprint density at radius 2 is 2.10 bits per heavy atom. The molecule has 2 aromatic heterocycles. The van der Waals surface area contributed by atoms with E-state index in [1.165, 1.54) is 6.07 Å². The van der Waals surface area contributed by atoms with Crippen LogP contribution in [0.5, 0.6) is 0 Å². The number of aryl methyl sites for hydroxylation is 2. The number of halogens is 1. The quantitative estimate of drug-likeness (QED) is 0.760. The van der Waals surface area contributed by atoms with Crippen LogP contribution in [0.25, 0.3) is 11.5 Å². The molecular formula is C16H16FN3O. The molecule has 2 heterocycles. The molecule has 108 valence electrons. The van der Waals surface area contributed by atoms with E-state index in [1.54, 1.807) is 12.3 Å². The Hall–Kier alpha value is -2.56. The molecule has 0 saturated heterocycles. The molecule has 0 fully saturated rings. The maximum atomic E-state index is 13.8. The molecule has 0 saturated carbocycles. The molecule has 0 aliphatic rings. The molecule has 0 atom stereocenters. The summed E-state index contributed by atoms with van der Waals surface area (Å²) in [6.45, 7) is 4.23. The van der Waals surface area contributed by atoms with Crippen molar-refractivity contribution in [3.05, 3.63) is 59.2 Å². The number of hydrogen-bond donors (Lipinski definition) is 2. The van der Waals surface area contributed by atoms with Crippen LogP contribution in [-0.2, 0) is 6.54 Å². The van der Waals surface area contributed by atoms with E-state index in [9.17, 15) is 4.39 Å². The molecule has 0 amide bonds. The van der Waals surface area contributed by atoms with Gasteiger partial charge in [0.1, 0.15) is 17.3 Å². The number of rotatable bonds is 4. The molecule has 4 nitrogen and oxygen atoms in total. The van der Waals surface area contributed by atoms with Crippen LogP contribution >= 0.6 is 0 Å². The molecule has 2 N–H and O–H groups in total. The van der Waals surface area contributed by atoms with Crippen LogP contribution < -0.4 is 5.32 Å². The highest BCUT2D eigenvalue weighted by molar-refractivity contribution is 5.59. The molecule has 0 spiro atoms. The summed E-state index contributed by atoms with van der Waals surface area (Å²) >= 11 is 0. The average Bonchev–Trinajstić information content (AvgIpc) is 3.06. The fraction of sp³-hybridized carbons (Fsp3) is 0.188. The molecule has 0 unspecified atom stereocenters. The third-order valence-corrected chi connectivity index (χ3v) is 3.38. The number of nitrogens with zero attached hydrogens (tertiary/aromatic N) is 1. The van der Waals surface area contributed by atoms with Crippen LogP contribution in [0.15, 0.2) is 40.9 Å². The zero-order chi connectivity index (χ0) is 14.8. The molecule has 1 aromatic carbocycles. The number of aromatic nitrogens is 2. The first kappa shape index (κ1) is 13.4. The Kier molecular flexibility index (Phi) is 3.48. The maximum Gasteiger partial charge on any atom is 0.152 e. The third kappa shape index (κ3) is 2.67. The summed E-state index contributed by atoms with van der Waals surface area (Å²) in [5, 5.41) is 10.1. The first-order chi connectivity index (χ1) is 10.1. The van der Waals surface area contributed by atoms with Crippen LogP contribution in [0.1, 0.15) is 16.9 Å². The lowest BCUT2D eigenvalue weighted by Gasteiger charge is -2.10. The van der Waals surface area contributed by atoms with Crippen molar-refractivity contribution in [3.63, 3.8) is 0 Å². The molecule has 0 bridgehead atoms. The zero-order valence-electron chi connectivity index (χ0n) is 11.9. The fourth-order valence-electron chi connectivity index (χ4n) is 2.27. The number of H-pyrrole nitrogens is 1. The van der Waals surface area contributed by atoms with Crippen molar-refractivity contribution in [2.24, 2.45) is 0 Å². The van der Waals surface area contributed by atoms with Crippen molar-refractivity contribution in [2.75, 3.05) is 5.32 Å². The lowest BCUT2D eigenvalue weighted by molar-refractivity contribution is 0.545. The van der Waals surface area contributed by atoms with Crippen LogP contribution in [0.3, 0.4) is 0 Å². The standard InChI is InChI=1S/C16H16FN3O/c1-10-4-3-5-13(17)15(10)18-8-12-9-19-20-16(12)14-7-6-11(2)21-14/h3-7,9,18H,8H2,1-2H3,(H,19,20). The molecule has 0 radical (unpaired) electrons. The SMILES string of the molecule is Cc1ccc(-c2[nH]ncc2CNc2c(C)cccc2F)o1. The van der Waals surface area contributed by atoms with Crippen LogP contribution in [0.2, 0.25) is 0 Å². The van der Waals surface area contributed by atoms with Gasteiger partial charge in [0.15, 0.2) is 5.76 Å². The van der Waals surface area contributed by atoms with Crippen molar-refractivity contribution >= 4 is 5.69 Å². The summed E-state index contributed by atoms with van der Waals surface area (Å²) in [5.41, 5.74) is 3.12. The van der Waals surface area contributed by atoms with Crippen LogP contribution in [-0.4, -0.2) is 10.2 Å². The van der Waals surface area contributed by atoms with Gasteiger partial charge in [0.2, 0.25) is 0 Å². The van der Waals surface area contributed by atoms with Gasteiger partial charge < -0.3 is 9.73 Å². The number of aromatic amines is 1. The monoisotopic (exact) mass is 285 g/mol. The van der Waals surface area contributed by atoms with Gasteiger partial charge >= 0.3 is 0 Å². The maximum absolute atomic E-state index is 13.8. The summed E-state index contributed by atoms with van der Waals surface area (Å²) in [6, 6.07) is 8.80. The molecular weight excluding hydrogens is 269 g/mol. The Morgan fingerprint density at radius 1 is 1.24 bits per heavy atom. The predicted octanol–water partition coefficient (Wildman–Crippen LogP) is 4.04. The second-order valence-corrected chi connectivity index (χ2v) is 4.97. The highest BCUT2D eigenvalue weighted by atomic mass is 19.1. The molecule has 0 aliphatic heterocycles. The lowest BCUT2D eigenvalue weighted by atomic mass is 10.1. The van der Waals surface area contributed by atoms with Crippen molar-refractivity contribution in [2.45, 2.75) is 20.4 Å². The molecule has 3 aromatic rings. The van der Waals surface area contributed by atoms with E-state index in [0.717, 1.165) is 28.3 Å². The fourth-order valence-corrected chi connectivity index (χ4v) is 2.27. The largest absolute Gasteiger partial charge is 0.460 e. The van der Waals surface area contributed by atoms with Gasteiger partial charge in [-0.15, -0.1) is 0 Å². The summed E-state index contributed by atoms with van der Waals surface area (Å²) < 4.78 is 19.4.